The number of hydroxylamine groups is 2. The van der Waals surface area contributed by atoms with Crippen LogP contribution in [0.5, 0.6) is 0 Å². The van der Waals surface area contributed by atoms with Gasteiger partial charge >= 0.3 is 5.97 Å². The second-order valence-electron chi connectivity index (χ2n) is 4.45. The number of carbonyl (C=O) groups excluding carboxylic acids is 3. The van der Waals surface area contributed by atoms with Gasteiger partial charge in [0.1, 0.15) is 17.2 Å². The van der Waals surface area contributed by atoms with Crippen LogP contribution < -0.4 is 0 Å². The molecule has 0 saturated heterocycles. The summed E-state index contributed by atoms with van der Waals surface area (Å²) in [4.78, 5) is 40.4. The average molecular weight is 303 g/mol. The van der Waals surface area contributed by atoms with E-state index in [0.29, 0.717) is 6.07 Å². The maximum absolute atomic E-state index is 13.5. The van der Waals surface area contributed by atoms with E-state index in [1.807, 2.05) is 0 Å². The summed E-state index contributed by atoms with van der Waals surface area (Å²) in [6, 6.07) is 8.07. The van der Waals surface area contributed by atoms with Crippen molar-refractivity contribution in [3.05, 3.63) is 70.8 Å². The van der Waals surface area contributed by atoms with Crippen LogP contribution in [0.25, 0.3) is 0 Å². The lowest BCUT2D eigenvalue weighted by Crippen LogP contribution is -2.33. The predicted molar refractivity (Wildman–Crippen MR) is 68.7 cm³/mol. The fourth-order valence-electron chi connectivity index (χ4n) is 2.04. The van der Waals surface area contributed by atoms with Crippen LogP contribution in [0.15, 0.2) is 42.5 Å². The topological polar surface area (TPSA) is 63.7 Å². The molecule has 0 unspecified atom stereocenters. The Balaban J connectivity index is 1.89. The summed E-state index contributed by atoms with van der Waals surface area (Å²) in [7, 11) is 0. The zero-order chi connectivity index (χ0) is 15.9. The SMILES string of the molecule is O=C(ON1C(=O)c2ccccc2C1=O)c1cc(F)ccc1F. The van der Waals surface area contributed by atoms with Gasteiger partial charge in [0, 0.05) is 0 Å². The van der Waals surface area contributed by atoms with Gasteiger partial charge in [-0.2, -0.15) is 0 Å². The van der Waals surface area contributed by atoms with Crippen LogP contribution in [0.2, 0.25) is 0 Å². The minimum Gasteiger partial charge on any atom is -0.324 e. The molecular formula is C15H7F2NO4. The van der Waals surface area contributed by atoms with E-state index < -0.39 is 35.0 Å². The molecule has 0 spiro atoms. The van der Waals surface area contributed by atoms with Crippen LogP contribution in [-0.4, -0.2) is 22.8 Å². The van der Waals surface area contributed by atoms with Crippen LogP contribution in [0.1, 0.15) is 31.1 Å². The molecule has 2 aromatic rings. The van der Waals surface area contributed by atoms with Gasteiger partial charge in [-0.1, -0.05) is 17.2 Å². The maximum atomic E-state index is 13.5. The van der Waals surface area contributed by atoms with Crippen molar-refractivity contribution in [2.45, 2.75) is 0 Å². The molecule has 0 saturated carbocycles. The molecular weight excluding hydrogens is 296 g/mol. The molecule has 1 aliphatic heterocycles. The van der Waals surface area contributed by atoms with E-state index in [2.05, 4.69) is 4.84 Å². The van der Waals surface area contributed by atoms with E-state index in [1.54, 1.807) is 12.1 Å². The van der Waals surface area contributed by atoms with Crippen LogP contribution in [0.3, 0.4) is 0 Å². The van der Waals surface area contributed by atoms with E-state index in [4.69, 9.17) is 0 Å². The maximum Gasteiger partial charge on any atom is 0.367 e. The quantitative estimate of drug-likeness (QED) is 0.799. The number of rotatable bonds is 2. The zero-order valence-corrected chi connectivity index (χ0v) is 10.9. The van der Waals surface area contributed by atoms with Gasteiger partial charge in [-0.05, 0) is 30.3 Å². The summed E-state index contributed by atoms with van der Waals surface area (Å²) < 4.78 is 26.6. The van der Waals surface area contributed by atoms with Crippen LogP contribution in [-0.2, 0) is 4.84 Å². The smallest absolute Gasteiger partial charge is 0.324 e. The molecule has 1 heterocycles. The van der Waals surface area contributed by atoms with Crippen molar-refractivity contribution in [1.82, 2.24) is 5.06 Å². The third kappa shape index (κ3) is 2.12. The summed E-state index contributed by atoms with van der Waals surface area (Å²) in [6.45, 7) is 0. The Morgan fingerprint density at radius 2 is 1.55 bits per heavy atom. The predicted octanol–water partition coefficient (Wildman–Crippen LogP) is 2.33. The molecule has 22 heavy (non-hydrogen) atoms. The summed E-state index contributed by atoms with van der Waals surface area (Å²) in [6.07, 6.45) is 0. The first-order chi connectivity index (χ1) is 10.5. The first-order valence-corrected chi connectivity index (χ1v) is 6.14. The first-order valence-electron chi connectivity index (χ1n) is 6.14. The summed E-state index contributed by atoms with van der Waals surface area (Å²) in [5.74, 6) is -4.90. The zero-order valence-electron chi connectivity index (χ0n) is 10.9. The van der Waals surface area contributed by atoms with Gasteiger partial charge in [0.2, 0.25) is 0 Å². The highest BCUT2D eigenvalue weighted by Crippen LogP contribution is 2.23. The normalized spacial score (nSPS) is 13.3. The molecule has 0 atom stereocenters. The summed E-state index contributed by atoms with van der Waals surface area (Å²) in [5.41, 5.74) is -0.573. The van der Waals surface area contributed by atoms with Crippen molar-refractivity contribution < 1.29 is 28.0 Å². The number of amides is 2. The van der Waals surface area contributed by atoms with E-state index in [9.17, 15) is 23.2 Å². The lowest BCUT2D eigenvalue weighted by molar-refractivity contribution is -0.0587. The van der Waals surface area contributed by atoms with Gasteiger partial charge in [-0.3, -0.25) is 9.59 Å². The lowest BCUT2D eigenvalue weighted by atomic mass is 10.1. The summed E-state index contributed by atoms with van der Waals surface area (Å²) >= 11 is 0. The monoisotopic (exact) mass is 303 g/mol. The number of nitrogens with zero attached hydrogens (tertiary/aromatic N) is 1. The lowest BCUT2D eigenvalue weighted by Gasteiger charge is -2.12. The van der Waals surface area contributed by atoms with Gasteiger partial charge in [-0.25, -0.2) is 13.6 Å². The number of hydrogen-bond donors (Lipinski definition) is 0. The third-order valence-corrected chi connectivity index (χ3v) is 3.08. The molecule has 2 amide bonds. The number of fused-ring (bicyclic) bond motifs is 1. The van der Waals surface area contributed by atoms with Gasteiger partial charge in [0.25, 0.3) is 11.8 Å². The number of hydrogen-bond acceptors (Lipinski definition) is 4. The van der Waals surface area contributed by atoms with Crippen LogP contribution in [0.4, 0.5) is 8.78 Å². The minimum absolute atomic E-state index is 0.0695. The van der Waals surface area contributed by atoms with E-state index in [0.717, 1.165) is 12.1 Å². The molecule has 0 radical (unpaired) electrons. The Morgan fingerprint density at radius 1 is 0.955 bits per heavy atom. The molecule has 3 rings (SSSR count). The first kappa shape index (κ1) is 13.9. The number of benzene rings is 2. The Bertz CT molecular complexity index is 784. The molecule has 0 N–H and O–H groups in total. The Labute approximate surface area is 122 Å². The Hall–Kier alpha value is -3.09. The fourth-order valence-corrected chi connectivity index (χ4v) is 2.04. The van der Waals surface area contributed by atoms with Crippen molar-refractivity contribution in [3.8, 4) is 0 Å². The molecule has 0 bridgehead atoms. The molecule has 5 nitrogen and oxygen atoms in total. The molecule has 7 heteroatoms. The Morgan fingerprint density at radius 3 is 2.14 bits per heavy atom. The van der Waals surface area contributed by atoms with Crippen molar-refractivity contribution in [1.29, 1.82) is 0 Å². The molecule has 0 aromatic heterocycles. The standard InChI is InChI=1S/C15H7F2NO4/c16-8-5-6-12(17)11(7-8)15(21)22-18-13(19)9-3-1-2-4-10(9)14(18)20/h1-7H. The van der Waals surface area contributed by atoms with Crippen molar-refractivity contribution in [2.24, 2.45) is 0 Å². The van der Waals surface area contributed by atoms with Gasteiger partial charge in [-0.15, -0.1) is 0 Å². The minimum atomic E-state index is -1.34. The summed E-state index contributed by atoms with van der Waals surface area (Å²) in [5, 5.41) is 0.233. The molecule has 110 valence electrons. The number of imide groups is 1. The molecule has 0 aliphatic carbocycles. The Kier molecular flexibility index (Phi) is 3.17. The molecule has 2 aromatic carbocycles. The second-order valence-corrected chi connectivity index (χ2v) is 4.45. The van der Waals surface area contributed by atoms with E-state index in [1.165, 1.54) is 12.1 Å². The molecule has 0 fully saturated rings. The highest BCUT2D eigenvalue weighted by atomic mass is 19.1. The van der Waals surface area contributed by atoms with Crippen LogP contribution in [0, 0.1) is 11.6 Å². The molecule has 1 aliphatic rings. The van der Waals surface area contributed by atoms with Gasteiger partial charge in [0.15, 0.2) is 0 Å². The van der Waals surface area contributed by atoms with E-state index in [-0.39, 0.29) is 16.2 Å². The van der Waals surface area contributed by atoms with E-state index >= 15 is 0 Å². The van der Waals surface area contributed by atoms with Crippen molar-refractivity contribution in [2.75, 3.05) is 0 Å². The number of halogens is 2. The highest BCUT2D eigenvalue weighted by molar-refractivity contribution is 6.21. The highest BCUT2D eigenvalue weighted by Gasteiger charge is 2.39. The van der Waals surface area contributed by atoms with Crippen molar-refractivity contribution >= 4 is 17.8 Å². The number of carbonyl (C=O) groups is 3. The second kappa shape index (κ2) is 5.03. The fraction of sp³-hybridized carbons (Fsp3) is 0. The van der Waals surface area contributed by atoms with Crippen LogP contribution >= 0.6 is 0 Å². The van der Waals surface area contributed by atoms with Crippen molar-refractivity contribution in [3.63, 3.8) is 0 Å². The van der Waals surface area contributed by atoms with Gasteiger partial charge < -0.3 is 4.84 Å². The third-order valence-electron chi connectivity index (χ3n) is 3.08. The average Bonchev–Trinajstić information content (AvgIpc) is 2.75. The largest absolute Gasteiger partial charge is 0.367 e. The van der Waals surface area contributed by atoms with Gasteiger partial charge in [0.05, 0.1) is 11.1 Å².